The van der Waals surface area contributed by atoms with E-state index in [9.17, 15) is 0 Å². The second-order valence-electron chi connectivity index (χ2n) is 4.45. The molecule has 66 valence electrons. The maximum absolute atomic E-state index is 5.27. The molecular weight excluding hydrogens is 138 g/mol. The van der Waals surface area contributed by atoms with Crippen LogP contribution in [0, 0.1) is 5.41 Å². The van der Waals surface area contributed by atoms with Crippen LogP contribution in [0.5, 0.6) is 0 Å². The van der Waals surface area contributed by atoms with Gasteiger partial charge in [0.05, 0.1) is 13.2 Å². The van der Waals surface area contributed by atoms with Gasteiger partial charge in [-0.15, -0.1) is 0 Å². The molecule has 0 unspecified atom stereocenters. The van der Waals surface area contributed by atoms with Crippen LogP contribution in [0.1, 0.15) is 20.8 Å². The summed E-state index contributed by atoms with van der Waals surface area (Å²) in [4.78, 5) is 2.48. The number of hydrogen-bond donors (Lipinski definition) is 0. The van der Waals surface area contributed by atoms with Crippen molar-refractivity contribution in [2.75, 3.05) is 32.8 Å². The van der Waals surface area contributed by atoms with Crippen LogP contribution < -0.4 is 0 Å². The molecule has 0 atom stereocenters. The van der Waals surface area contributed by atoms with Gasteiger partial charge >= 0.3 is 0 Å². The zero-order valence-electron chi connectivity index (χ0n) is 7.89. The van der Waals surface area contributed by atoms with Crippen LogP contribution in [0.4, 0.5) is 0 Å². The molecule has 0 saturated carbocycles. The minimum absolute atomic E-state index is 0.428. The largest absolute Gasteiger partial charge is 0.379 e. The molecule has 2 heteroatoms. The standard InChI is InChI=1S/C9H19NO/c1-9(2,3)8-10-4-6-11-7-5-10/h4-8H2,1-3H3. The summed E-state index contributed by atoms with van der Waals surface area (Å²) in [5.41, 5.74) is 0.428. The summed E-state index contributed by atoms with van der Waals surface area (Å²) in [5.74, 6) is 0. The summed E-state index contributed by atoms with van der Waals surface area (Å²) in [6.07, 6.45) is 0. The Labute approximate surface area is 69.5 Å². The van der Waals surface area contributed by atoms with Crippen LogP contribution in [0.15, 0.2) is 0 Å². The fourth-order valence-corrected chi connectivity index (χ4v) is 1.43. The van der Waals surface area contributed by atoms with Gasteiger partial charge in [-0.25, -0.2) is 0 Å². The molecule has 0 aromatic heterocycles. The summed E-state index contributed by atoms with van der Waals surface area (Å²) in [6, 6.07) is 0. The third-order valence-corrected chi connectivity index (χ3v) is 1.80. The summed E-state index contributed by atoms with van der Waals surface area (Å²) >= 11 is 0. The molecule has 1 aliphatic rings. The van der Waals surface area contributed by atoms with E-state index in [2.05, 4.69) is 25.7 Å². The minimum Gasteiger partial charge on any atom is -0.379 e. The highest BCUT2D eigenvalue weighted by Gasteiger charge is 2.17. The lowest BCUT2D eigenvalue weighted by Gasteiger charge is -2.32. The second kappa shape index (κ2) is 3.55. The van der Waals surface area contributed by atoms with Crippen LogP contribution in [0.25, 0.3) is 0 Å². The Hall–Kier alpha value is -0.0800. The monoisotopic (exact) mass is 157 g/mol. The zero-order chi connectivity index (χ0) is 8.32. The molecular formula is C9H19NO. The highest BCUT2D eigenvalue weighted by Crippen LogP contribution is 2.15. The lowest BCUT2D eigenvalue weighted by molar-refractivity contribution is 0.0236. The van der Waals surface area contributed by atoms with E-state index >= 15 is 0 Å². The van der Waals surface area contributed by atoms with Crippen molar-refractivity contribution in [3.8, 4) is 0 Å². The van der Waals surface area contributed by atoms with E-state index < -0.39 is 0 Å². The molecule has 0 radical (unpaired) electrons. The highest BCUT2D eigenvalue weighted by molar-refractivity contribution is 4.70. The molecule has 0 aromatic carbocycles. The number of nitrogens with zero attached hydrogens (tertiary/aromatic N) is 1. The molecule has 0 aliphatic carbocycles. The van der Waals surface area contributed by atoms with E-state index in [1.807, 2.05) is 0 Å². The number of morpholine rings is 1. The molecule has 1 rings (SSSR count). The highest BCUT2D eigenvalue weighted by atomic mass is 16.5. The second-order valence-corrected chi connectivity index (χ2v) is 4.45. The van der Waals surface area contributed by atoms with Crippen LogP contribution in [0.3, 0.4) is 0 Å². The van der Waals surface area contributed by atoms with Crippen molar-refractivity contribution >= 4 is 0 Å². The Bertz CT molecular complexity index is 111. The Morgan fingerprint density at radius 1 is 1.18 bits per heavy atom. The van der Waals surface area contributed by atoms with Gasteiger partial charge in [-0.2, -0.15) is 0 Å². The predicted octanol–water partition coefficient (Wildman–Crippen LogP) is 1.36. The van der Waals surface area contributed by atoms with E-state index in [-0.39, 0.29) is 0 Å². The molecule has 0 bridgehead atoms. The summed E-state index contributed by atoms with van der Waals surface area (Å²) in [7, 11) is 0. The van der Waals surface area contributed by atoms with Gasteiger partial charge in [0.1, 0.15) is 0 Å². The third-order valence-electron chi connectivity index (χ3n) is 1.80. The van der Waals surface area contributed by atoms with Crippen molar-refractivity contribution in [1.82, 2.24) is 4.90 Å². The van der Waals surface area contributed by atoms with Gasteiger partial charge in [0.15, 0.2) is 0 Å². The smallest absolute Gasteiger partial charge is 0.0594 e. The number of ether oxygens (including phenoxy) is 1. The first-order valence-electron chi connectivity index (χ1n) is 4.38. The molecule has 0 aromatic rings. The van der Waals surface area contributed by atoms with Crippen molar-refractivity contribution in [2.24, 2.45) is 5.41 Å². The number of hydrogen-bond acceptors (Lipinski definition) is 2. The lowest BCUT2D eigenvalue weighted by Crippen LogP contribution is -2.41. The minimum atomic E-state index is 0.428. The molecule has 0 amide bonds. The summed E-state index contributed by atoms with van der Waals surface area (Å²) in [5, 5.41) is 0. The van der Waals surface area contributed by atoms with Gasteiger partial charge in [0, 0.05) is 19.6 Å². The van der Waals surface area contributed by atoms with Gasteiger partial charge in [0.25, 0.3) is 0 Å². The van der Waals surface area contributed by atoms with Crippen LogP contribution >= 0.6 is 0 Å². The normalized spacial score (nSPS) is 22.1. The maximum Gasteiger partial charge on any atom is 0.0594 e. The third kappa shape index (κ3) is 3.73. The first-order chi connectivity index (χ1) is 5.08. The molecule has 2 nitrogen and oxygen atoms in total. The molecule has 0 spiro atoms. The average molecular weight is 157 g/mol. The van der Waals surface area contributed by atoms with Crippen LogP contribution in [0.2, 0.25) is 0 Å². The van der Waals surface area contributed by atoms with Gasteiger partial charge < -0.3 is 4.74 Å². The van der Waals surface area contributed by atoms with Crippen molar-refractivity contribution in [1.29, 1.82) is 0 Å². The van der Waals surface area contributed by atoms with Crippen LogP contribution in [-0.4, -0.2) is 37.7 Å². The fourth-order valence-electron chi connectivity index (χ4n) is 1.43. The van der Waals surface area contributed by atoms with Gasteiger partial charge in [-0.05, 0) is 5.41 Å². The molecule has 1 heterocycles. The first-order valence-corrected chi connectivity index (χ1v) is 4.38. The lowest BCUT2D eigenvalue weighted by atomic mass is 9.96. The van der Waals surface area contributed by atoms with E-state index in [1.165, 1.54) is 6.54 Å². The van der Waals surface area contributed by atoms with Crippen molar-refractivity contribution in [2.45, 2.75) is 20.8 Å². The number of rotatable bonds is 1. The van der Waals surface area contributed by atoms with Crippen molar-refractivity contribution in [3.63, 3.8) is 0 Å². The Morgan fingerprint density at radius 2 is 1.73 bits per heavy atom. The van der Waals surface area contributed by atoms with E-state index in [0.717, 1.165) is 26.3 Å². The zero-order valence-corrected chi connectivity index (χ0v) is 7.89. The maximum atomic E-state index is 5.27. The van der Waals surface area contributed by atoms with Crippen LogP contribution in [-0.2, 0) is 4.74 Å². The van der Waals surface area contributed by atoms with Gasteiger partial charge in [-0.3, -0.25) is 4.90 Å². The first kappa shape index (κ1) is 9.01. The van der Waals surface area contributed by atoms with Crippen molar-refractivity contribution < 1.29 is 4.74 Å². The molecule has 11 heavy (non-hydrogen) atoms. The molecule has 1 saturated heterocycles. The predicted molar refractivity (Wildman–Crippen MR) is 46.7 cm³/mol. The SMILES string of the molecule is CC(C)(C)CN1CCOCC1. The fraction of sp³-hybridized carbons (Fsp3) is 1.00. The van der Waals surface area contributed by atoms with Gasteiger partial charge in [-0.1, -0.05) is 20.8 Å². The summed E-state index contributed by atoms with van der Waals surface area (Å²) < 4.78 is 5.27. The Morgan fingerprint density at radius 3 is 2.18 bits per heavy atom. The molecule has 1 fully saturated rings. The van der Waals surface area contributed by atoms with E-state index in [4.69, 9.17) is 4.74 Å². The van der Waals surface area contributed by atoms with E-state index in [1.54, 1.807) is 0 Å². The van der Waals surface area contributed by atoms with E-state index in [0.29, 0.717) is 5.41 Å². The molecule has 0 N–H and O–H groups in total. The Kier molecular flexibility index (Phi) is 2.90. The average Bonchev–Trinajstić information content (AvgIpc) is 1.85. The Balaban J connectivity index is 2.24. The van der Waals surface area contributed by atoms with Crippen molar-refractivity contribution in [3.05, 3.63) is 0 Å². The molecule has 1 aliphatic heterocycles. The topological polar surface area (TPSA) is 12.5 Å². The van der Waals surface area contributed by atoms with Gasteiger partial charge in [0.2, 0.25) is 0 Å². The summed E-state index contributed by atoms with van der Waals surface area (Å²) in [6.45, 7) is 12.1. The quantitative estimate of drug-likeness (QED) is 0.570.